The molecule has 2 unspecified atom stereocenters. The minimum Gasteiger partial charge on any atom is -0.379 e. The van der Waals surface area contributed by atoms with Gasteiger partial charge in [-0.15, -0.1) is 0 Å². The normalized spacial score (nSPS) is 23.1. The van der Waals surface area contributed by atoms with Crippen LogP contribution in [0.4, 0.5) is 4.39 Å². The topological polar surface area (TPSA) is 67.5 Å². The highest BCUT2D eigenvalue weighted by Crippen LogP contribution is 2.35. The van der Waals surface area contributed by atoms with Gasteiger partial charge < -0.3 is 11.1 Å². The van der Waals surface area contributed by atoms with Gasteiger partial charge in [0.2, 0.25) is 5.91 Å². The molecule has 0 spiro atoms. The summed E-state index contributed by atoms with van der Waals surface area (Å²) in [6.45, 7) is 15.3. The number of allylic oxidation sites excluding steroid dienone is 7. The maximum absolute atomic E-state index is 14.6. The van der Waals surface area contributed by atoms with Gasteiger partial charge in [0.25, 0.3) is 0 Å². The Hall–Kier alpha value is -2.34. The molecule has 1 aliphatic heterocycles. The molecule has 0 radical (unpaired) electrons. The van der Waals surface area contributed by atoms with Crippen LogP contribution in [0.15, 0.2) is 76.3 Å². The van der Waals surface area contributed by atoms with E-state index in [9.17, 15) is 9.18 Å². The molecule has 0 aromatic rings. The Morgan fingerprint density at radius 3 is 2.68 bits per heavy atom. The van der Waals surface area contributed by atoms with E-state index in [2.05, 4.69) is 16.9 Å². The molecule has 6 heteroatoms. The summed E-state index contributed by atoms with van der Waals surface area (Å²) in [6, 6.07) is 0. The van der Waals surface area contributed by atoms with Crippen molar-refractivity contribution in [3.63, 3.8) is 0 Å². The van der Waals surface area contributed by atoms with E-state index in [0.29, 0.717) is 11.6 Å². The second-order valence-electron chi connectivity index (χ2n) is 7.57. The molecule has 0 saturated heterocycles. The number of halogens is 1. The first-order chi connectivity index (χ1) is 14.7. The standard InChI is InChI=1S/C23H30FN3OS.C2H6/c1-6-8-15(2)13-16(3)17(4)21(28)26-20-14-18(9-7-10-19(20)24)23(5)11-12-29-22(25)27-23;1-2/h6,8-10,13-14,17H,1,7,11-12H2,2-5H3,(H2,25,27)(H,26,28);1-2H3/b15-8-,16-13-;. The van der Waals surface area contributed by atoms with E-state index in [4.69, 9.17) is 5.73 Å². The second-order valence-corrected chi connectivity index (χ2v) is 8.69. The SMILES string of the molecule is C=C/C=C(C)\C=C(\C)C(C)C(=O)NC1=CC(C2(C)CCSC(N)=N2)=CCC=C1F.CC. The molecule has 2 rings (SSSR count). The van der Waals surface area contributed by atoms with E-state index >= 15 is 0 Å². The van der Waals surface area contributed by atoms with Gasteiger partial charge in [0, 0.05) is 5.75 Å². The van der Waals surface area contributed by atoms with Crippen molar-refractivity contribution in [2.75, 3.05) is 5.75 Å². The predicted molar refractivity (Wildman–Crippen MR) is 133 cm³/mol. The number of hydrogen-bond donors (Lipinski definition) is 2. The number of amidine groups is 1. The molecule has 1 aliphatic carbocycles. The van der Waals surface area contributed by atoms with Gasteiger partial charge in [0.05, 0.1) is 17.2 Å². The first-order valence-electron chi connectivity index (χ1n) is 10.7. The van der Waals surface area contributed by atoms with E-state index < -0.39 is 17.3 Å². The fourth-order valence-electron chi connectivity index (χ4n) is 3.21. The van der Waals surface area contributed by atoms with Crippen molar-refractivity contribution in [2.24, 2.45) is 16.6 Å². The Kier molecular flexibility index (Phi) is 10.8. The van der Waals surface area contributed by atoms with Gasteiger partial charge in [-0.05, 0) is 58.3 Å². The number of amides is 1. The van der Waals surface area contributed by atoms with E-state index in [1.807, 2.05) is 59.8 Å². The average molecular weight is 446 g/mol. The fraction of sp³-hybridized carbons (Fsp3) is 0.440. The summed E-state index contributed by atoms with van der Waals surface area (Å²) in [5, 5.41) is 3.30. The number of hydrogen-bond acceptors (Lipinski definition) is 4. The molecule has 3 N–H and O–H groups in total. The smallest absolute Gasteiger partial charge is 0.231 e. The minimum atomic E-state index is -0.516. The Balaban J connectivity index is 0.00000233. The Labute approximate surface area is 191 Å². The van der Waals surface area contributed by atoms with Crippen LogP contribution in [0.3, 0.4) is 0 Å². The third-order valence-corrected chi connectivity index (χ3v) is 5.98. The minimum absolute atomic E-state index is 0.171. The summed E-state index contributed by atoms with van der Waals surface area (Å²) >= 11 is 1.52. The van der Waals surface area contributed by atoms with Crippen LogP contribution in [-0.2, 0) is 4.79 Å². The summed E-state index contributed by atoms with van der Waals surface area (Å²) in [5.41, 5.74) is 8.34. The molecule has 0 aromatic carbocycles. The highest BCUT2D eigenvalue weighted by Gasteiger charge is 2.32. The van der Waals surface area contributed by atoms with Crippen molar-refractivity contribution in [1.29, 1.82) is 0 Å². The molecule has 0 bridgehead atoms. The molecule has 2 aliphatic rings. The maximum atomic E-state index is 14.6. The molecule has 1 heterocycles. The van der Waals surface area contributed by atoms with Crippen LogP contribution in [0.1, 0.15) is 54.4 Å². The van der Waals surface area contributed by atoms with Crippen LogP contribution in [0.5, 0.6) is 0 Å². The van der Waals surface area contributed by atoms with Crippen LogP contribution in [-0.4, -0.2) is 22.4 Å². The fourth-order valence-corrected chi connectivity index (χ4v) is 4.19. The summed E-state index contributed by atoms with van der Waals surface area (Å²) in [4.78, 5) is 17.4. The zero-order valence-corrected chi connectivity index (χ0v) is 20.4. The predicted octanol–water partition coefficient (Wildman–Crippen LogP) is 6.12. The van der Waals surface area contributed by atoms with Crippen molar-refractivity contribution >= 4 is 22.8 Å². The molecule has 0 saturated carbocycles. The second kappa shape index (κ2) is 12.5. The molecule has 31 heavy (non-hydrogen) atoms. The highest BCUT2D eigenvalue weighted by atomic mass is 32.2. The van der Waals surface area contributed by atoms with Crippen molar-refractivity contribution in [3.8, 4) is 0 Å². The summed E-state index contributed by atoms with van der Waals surface area (Å²) in [7, 11) is 0. The van der Waals surface area contributed by atoms with Gasteiger partial charge in [-0.3, -0.25) is 9.79 Å². The molecule has 4 nitrogen and oxygen atoms in total. The Bertz CT molecular complexity index is 864. The number of rotatable bonds is 6. The van der Waals surface area contributed by atoms with E-state index in [1.54, 1.807) is 12.2 Å². The maximum Gasteiger partial charge on any atom is 0.231 e. The summed E-state index contributed by atoms with van der Waals surface area (Å²) in [6.07, 6.45) is 11.9. The van der Waals surface area contributed by atoms with Crippen LogP contribution in [0, 0.1) is 5.92 Å². The monoisotopic (exact) mass is 445 g/mol. The lowest BCUT2D eigenvalue weighted by Crippen LogP contribution is -2.33. The lowest BCUT2D eigenvalue weighted by Gasteiger charge is -2.31. The molecular formula is C25H36FN3OS. The number of thioether (sulfide) groups is 1. The number of nitrogens with one attached hydrogen (secondary N) is 1. The number of carbonyl (C=O) groups is 1. The number of aliphatic imine (C=N–C) groups is 1. The van der Waals surface area contributed by atoms with Gasteiger partial charge in [-0.25, -0.2) is 4.39 Å². The van der Waals surface area contributed by atoms with Crippen LogP contribution in [0.25, 0.3) is 0 Å². The highest BCUT2D eigenvalue weighted by molar-refractivity contribution is 8.13. The zero-order chi connectivity index (χ0) is 23.6. The molecule has 170 valence electrons. The van der Waals surface area contributed by atoms with Crippen molar-refractivity contribution in [2.45, 2.75) is 59.9 Å². The van der Waals surface area contributed by atoms with E-state index in [-0.39, 0.29) is 11.6 Å². The first kappa shape index (κ1) is 26.7. The largest absolute Gasteiger partial charge is 0.379 e. The zero-order valence-electron chi connectivity index (χ0n) is 19.6. The summed E-state index contributed by atoms with van der Waals surface area (Å²) in [5.74, 6) is -0.240. The molecular weight excluding hydrogens is 409 g/mol. The van der Waals surface area contributed by atoms with Crippen LogP contribution in [0.2, 0.25) is 0 Å². The van der Waals surface area contributed by atoms with Crippen molar-refractivity contribution < 1.29 is 9.18 Å². The molecule has 0 aromatic heterocycles. The summed E-state index contributed by atoms with van der Waals surface area (Å²) < 4.78 is 14.6. The van der Waals surface area contributed by atoms with Gasteiger partial charge in [-0.1, -0.05) is 67.6 Å². The van der Waals surface area contributed by atoms with E-state index in [1.165, 1.54) is 17.8 Å². The quantitative estimate of drug-likeness (QED) is 0.484. The van der Waals surface area contributed by atoms with Crippen LogP contribution >= 0.6 is 11.8 Å². The van der Waals surface area contributed by atoms with Crippen molar-refractivity contribution in [3.05, 3.63) is 71.3 Å². The average Bonchev–Trinajstić information content (AvgIpc) is 2.91. The third-order valence-electron chi connectivity index (χ3n) is 5.18. The molecule has 1 amide bonds. The lowest BCUT2D eigenvalue weighted by atomic mass is 9.88. The number of nitrogens with zero attached hydrogens (tertiary/aromatic N) is 1. The number of nitrogens with two attached hydrogens (primary N) is 1. The van der Waals surface area contributed by atoms with Gasteiger partial charge in [0.15, 0.2) is 5.17 Å². The Morgan fingerprint density at radius 1 is 1.39 bits per heavy atom. The third kappa shape index (κ3) is 7.69. The first-order valence-corrected chi connectivity index (χ1v) is 11.7. The lowest BCUT2D eigenvalue weighted by molar-refractivity contribution is -0.122. The number of carbonyl (C=O) groups excluding carboxylic acids is 1. The molecule has 0 fully saturated rings. The molecule has 2 atom stereocenters. The van der Waals surface area contributed by atoms with Crippen molar-refractivity contribution in [1.82, 2.24) is 5.32 Å². The van der Waals surface area contributed by atoms with E-state index in [0.717, 1.165) is 28.9 Å². The Morgan fingerprint density at radius 2 is 2.06 bits per heavy atom. The van der Waals surface area contributed by atoms with Gasteiger partial charge >= 0.3 is 0 Å². The van der Waals surface area contributed by atoms with Gasteiger partial charge in [0.1, 0.15) is 5.83 Å². The van der Waals surface area contributed by atoms with Crippen LogP contribution < -0.4 is 11.1 Å². The van der Waals surface area contributed by atoms with Gasteiger partial charge in [-0.2, -0.15) is 0 Å².